The molecule has 0 aliphatic carbocycles. The molecule has 0 bridgehead atoms. The Hall–Kier alpha value is -1.11. The fourth-order valence-electron chi connectivity index (χ4n) is 1.68. The number of ether oxygens (including phenoxy) is 1. The van der Waals surface area contributed by atoms with Crippen molar-refractivity contribution in [2.75, 3.05) is 25.1 Å². The van der Waals surface area contributed by atoms with Crippen LogP contribution < -0.4 is 10.9 Å². The minimum atomic E-state index is -0.828. The third kappa shape index (κ3) is 2.96. The molecule has 0 amide bonds. The van der Waals surface area contributed by atoms with Crippen LogP contribution in [-0.2, 0) is 4.74 Å². The lowest BCUT2D eigenvalue weighted by Gasteiger charge is -2.32. The fraction of sp³-hybridized carbons (Fsp3) is 0.600. The number of rotatable bonds is 3. The van der Waals surface area contributed by atoms with E-state index < -0.39 is 11.2 Å². The summed E-state index contributed by atoms with van der Waals surface area (Å²) in [4.78, 5) is 17.5. The number of anilines is 1. The van der Waals surface area contributed by atoms with Gasteiger partial charge in [0.2, 0.25) is 0 Å². The first kappa shape index (κ1) is 12.3. The summed E-state index contributed by atoms with van der Waals surface area (Å²) < 4.78 is 5.18. The van der Waals surface area contributed by atoms with E-state index in [9.17, 15) is 9.90 Å². The fourth-order valence-corrected chi connectivity index (χ4v) is 1.85. The van der Waals surface area contributed by atoms with E-state index >= 15 is 0 Å². The highest BCUT2D eigenvalue weighted by molar-refractivity contribution is 6.32. The van der Waals surface area contributed by atoms with E-state index in [2.05, 4.69) is 15.3 Å². The van der Waals surface area contributed by atoms with Gasteiger partial charge in [0, 0.05) is 32.6 Å². The van der Waals surface area contributed by atoms with Crippen molar-refractivity contribution in [2.24, 2.45) is 0 Å². The molecule has 3 N–H and O–H groups in total. The number of nitrogens with one attached hydrogen (secondary N) is 2. The number of halogens is 1. The monoisotopic (exact) mass is 259 g/mol. The maximum atomic E-state index is 11.2. The Morgan fingerprint density at radius 3 is 3.00 bits per heavy atom. The average molecular weight is 260 g/mol. The lowest BCUT2D eigenvalue weighted by molar-refractivity contribution is -0.0543. The molecule has 0 atom stereocenters. The normalized spacial score (nSPS) is 18.9. The molecule has 7 heteroatoms. The lowest BCUT2D eigenvalue weighted by Crippen LogP contribution is -2.42. The van der Waals surface area contributed by atoms with Crippen molar-refractivity contribution in [1.82, 2.24) is 9.97 Å². The van der Waals surface area contributed by atoms with E-state index in [4.69, 9.17) is 16.3 Å². The van der Waals surface area contributed by atoms with E-state index in [0.717, 1.165) is 0 Å². The van der Waals surface area contributed by atoms with Crippen molar-refractivity contribution < 1.29 is 9.84 Å². The van der Waals surface area contributed by atoms with Crippen molar-refractivity contribution in [1.29, 1.82) is 0 Å². The van der Waals surface area contributed by atoms with Crippen LogP contribution in [0.25, 0.3) is 0 Å². The molecule has 1 fully saturated rings. The quantitative estimate of drug-likeness (QED) is 0.730. The number of hydrogen-bond donors (Lipinski definition) is 3. The van der Waals surface area contributed by atoms with Gasteiger partial charge in [-0.25, -0.2) is 4.98 Å². The predicted molar refractivity (Wildman–Crippen MR) is 63.4 cm³/mol. The Balaban J connectivity index is 2.02. The van der Waals surface area contributed by atoms with Gasteiger partial charge in [-0.05, 0) is 0 Å². The van der Waals surface area contributed by atoms with Gasteiger partial charge in [-0.15, -0.1) is 0 Å². The highest BCUT2D eigenvalue weighted by Crippen LogP contribution is 2.21. The van der Waals surface area contributed by atoms with Gasteiger partial charge in [0.1, 0.15) is 5.02 Å². The van der Waals surface area contributed by atoms with Gasteiger partial charge in [0.05, 0.1) is 11.9 Å². The second-order valence-corrected chi connectivity index (χ2v) is 4.46. The maximum Gasteiger partial charge on any atom is 0.271 e. The number of hydrogen-bond acceptors (Lipinski definition) is 5. The van der Waals surface area contributed by atoms with Crippen LogP contribution in [0, 0.1) is 0 Å². The Morgan fingerprint density at radius 2 is 2.29 bits per heavy atom. The molecule has 0 spiro atoms. The molecular formula is C10H14ClN3O3. The molecule has 1 saturated heterocycles. The minimum Gasteiger partial charge on any atom is -0.388 e. The summed E-state index contributed by atoms with van der Waals surface area (Å²) in [5, 5.41) is 13.1. The minimum absolute atomic E-state index is 0.00293. The highest BCUT2D eigenvalue weighted by Gasteiger charge is 2.29. The van der Waals surface area contributed by atoms with Crippen molar-refractivity contribution in [3.05, 3.63) is 21.7 Å². The summed E-state index contributed by atoms with van der Waals surface area (Å²) in [5.41, 5.74) is -1.23. The van der Waals surface area contributed by atoms with Crippen molar-refractivity contribution in [3.8, 4) is 0 Å². The van der Waals surface area contributed by atoms with Gasteiger partial charge in [-0.3, -0.25) is 4.79 Å². The standard InChI is InChI=1S/C10H14ClN3O3/c11-7-8(13-6-14-9(7)15)12-5-10(16)1-3-17-4-2-10/h6,16H,1-5H2,(H2,12,13,14,15). The van der Waals surface area contributed by atoms with Gasteiger partial charge in [-0.2, -0.15) is 0 Å². The summed E-state index contributed by atoms with van der Waals surface area (Å²) in [6.45, 7) is 1.37. The topological polar surface area (TPSA) is 87.2 Å². The molecule has 1 aromatic rings. The Kier molecular flexibility index (Phi) is 3.66. The zero-order valence-corrected chi connectivity index (χ0v) is 9.96. The number of aromatic nitrogens is 2. The molecule has 6 nitrogen and oxygen atoms in total. The Labute approximate surface area is 103 Å². The van der Waals surface area contributed by atoms with Crippen molar-refractivity contribution >= 4 is 17.4 Å². The van der Waals surface area contributed by atoms with E-state index in [1.54, 1.807) is 0 Å². The second-order valence-electron chi connectivity index (χ2n) is 4.08. The number of aromatic amines is 1. The van der Waals surface area contributed by atoms with Crippen LogP contribution in [0.4, 0.5) is 5.82 Å². The third-order valence-corrected chi connectivity index (χ3v) is 3.16. The molecule has 1 aromatic heterocycles. The van der Waals surface area contributed by atoms with Gasteiger partial charge >= 0.3 is 0 Å². The van der Waals surface area contributed by atoms with E-state index in [0.29, 0.717) is 32.6 Å². The van der Waals surface area contributed by atoms with Gasteiger partial charge in [-0.1, -0.05) is 11.6 Å². The van der Waals surface area contributed by atoms with E-state index in [1.807, 2.05) is 0 Å². The molecule has 1 aliphatic heterocycles. The molecule has 94 valence electrons. The van der Waals surface area contributed by atoms with Crippen LogP contribution in [0.5, 0.6) is 0 Å². The van der Waals surface area contributed by atoms with Gasteiger partial charge in [0.15, 0.2) is 5.82 Å². The largest absolute Gasteiger partial charge is 0.388 e. The van der Waals surface area contributed by atoms with Crippen LogP contribution >= 0.6 is 11.6 Å². The molecule has 2 rings (SSSR count). The molecule has 17 heavy (non-hydrogen) atoms. The second kappa shape index (κ2) is 5.03. The van der Waals surface area contributed by atoms with Crippen molar-refractivity contribution in [3.63, 3.8) is 0 Å². The first-order valence-corrected chi connectivity index (χ1v) is 5.76. The van der Waals surface area contributed by atoms with Crippen LogP contribution in [0.2, 0.25) is 5.02 Å². The van der Waals surface area contributed by atoms with E-state index in [1.165, 1.54) is 6.33 Å². The van der Waals surface area contributed by atoms with Crippen LogP contribution in [0.1, 0.15) is 12.8 Å². The molecular weight excluding hydrogens is 246 g/mol. The van der Waals surface area contributed by atoms with Gasteiger partial charge in [0.25, 0.3) is 5.56 Å². The lowest BCUT2D eigenvalue weighted by atomic mass is 9.94. The highest BCUT2D eigenvalue weighted by atomic mass is 35.5. The van der Waals surface area contributed by atoms with Crippen LogP contribution in [-0.4, -0.2) is 40.4 Å². The summed E-state index contributed by atoms with van der Waals surface area (Å²) in [7, 11) is 0. The number of nitrogens with zero attached hydrogens (tertiary/aromatic N) is 1. The molecule has 0 saturated carbocycles. The van der Waals surface area contributed by atoms with Gasteiger partial charge < -0.3 is 20.1 Å². The number of H-pyrrole nitrogens is 1. The average Bonchev–Trinajstić information content (AvgIpc) is 2.32. The molecule has 0 aromatic carbocycles. The summed E-state index contributed by atoms with van der Waals surface area (Å²) in [5.74, 6) is 0.287. The maximum absolute atomic E-state index is 11.2. The van der Waals surface area contributed by atoms with Crippen molar-refractivity contribution in [2.45, 2.75) is 18.4 Å². The Bertz CT molecular complexity index is 443. The first-order chi connectivity index (χ1) is 8.11. The Morgan fingerprint density at radius 1 is 1.59 bits per heavy atom. The zero-order valence-electron chi connectivity index (χ0n) is 9.20. The summed E-state index contributed by atoms with van der Waals surface area (Å²) in [6, 6.07) is 0. The first-order valence-electron chi connectivity index (χ1n) is 5.38. The summed E-state index contributed by atoms with van der Waals surface area (Å²) >= 11 is 5.78. The smallest absolute Gasteiger partial charge is 0.271 e. The zero-order chi connectivity index (χ0) is 12.3. The molecule has 1 aliphatic rings. The molecule has 0 unspecified atom stereocenters. The van der Waals surface area contributed by atoms with Crippen LogP contribution in [0.3, 0.4) is 0 Å². The number of aliphatic hydroxyl groups is 1. The SMILES string of the molecule is O=c1[nH]cnc(NCC2(O)CCOCC2)c1Cl. The third-order valence-electron chi connectivity index (χ3n) is 2.80. The molecule has 2 heterocycles. The summed E-state index contributed by atoms with van der Waals surface area (Å²) in [6.07, 6.45) is 2.38. The van der Waals surface area contributed by atoms with E-state index in [-0.39, 0.29) is 10.8 Å². The predicted octanol–water partition coefficient (Wildman–Crippen LogP) is 0.377. The molecule has 0 radical (unpaired) electrons. The van der Waals surface area contributed by atoms with Crippen LogP contribution in [0.15, 0.2) is 11.1 Å².